The lowest BCUT2D eigenvalue weighted by atomic mass is 10.1. The number of nitrogens with one attached hydrogen (secondary N) is 1. The minimum atomic E-state index is -4.45. The molecule has 1 aliphatic heterocycles. The molecule has 16 heavy (non-hydrogen) atoms. The van der Waals surface area contributed by atoms with Crippen LogP contribution in [-0.4, -0.2) is 19.2 Å². The van der Waals surface area contributed by atoms with E-state index in [9.17, 15) is 13.2 Å². The second-order valence-corrected chi connectivity index (χ2v) is 3.97. The smallest absolute Gasteiger partial charge is 0.420 e. The van der Waals surface area contributed by atoms with Crippen molar-refractivity contribution in [2.45, 2.75) is 12.3 Å². The van der Waals surface area contributed by atoms with Gasteiger partial charge in [-0.05, 0) is 18.2 Å². The van der Waals surface area contributed by atoms with E-state index in [4.69, 9.17) is 16.3 Å². The molecule has 0 aromatic heterocycles. The van der Waals surface area contributed by atoms with E-state index in [2.05, 4.69) is 5.32 Å². The fourth-order valence-electron chi connectivity index (χ4n) is 1.35. The summed E-state index contributed by atoms with van der Waals surface area (Å²) in [5, 5.41) is 2.97. The van der Waals surface area contributed by atoms with Crippen molar-refractivity contribution in [1.29, 1.82) is 0 Å². The molecular weight excluding hydrogens is 243 g/mol. The highest BCUT2D eigenvalue weighted by atomic mass is 35.5. The Hall–Kier alpha value is -0.940. The molecule has 2 rings (SSSR count). The van der Waals surface area contributed by atoms with E-state index in [1.807, 2.05) is 0 Å². The Morgan fingerprint density at radius 3 is 2.50 bits per heavy atom. The highest BCUT2D eigenvalue weighted by molar-refractivity contribution is 6.30. The van der Waals surface area contributed by atoms with E-state index in [0.29, 0.717) is 13.1 Å². The van der Waals surface area contributed by atoms with Crippen molar-refractivity contribution in [2.75, 3.05) is 13.1 Å². The molecule has 0 unspecified atom stereocenters. The first-order chi connectivity index (χ1) is 7.47. The van der Waals surface area contributed by atoms with Crippen molar-refractivity contribution in [2.24, 2.45) is 0 Å². The van der Waals surface area contributed by atoms with Crippen molar-refractivity contribution < 1.29 is 17.9 Å². The van der Waals surface area contributed by atoms with Crippen LogP contribution in [0.1, 0.15) is 5.56 Å². The van der Waals surface area contributed by atoms with Gasteiger partial charge in [0.25, 0.3) is 0 Å². The van der Waals surface area contributed by atoms with Crippen molar-refractivity contribution in [3.63, 3.8) is 0 Å². The molecule has 0 aliphatic carbocycles. The van der Waals surface area contributed by atoms with Gasteiger partial charge in [-0.2, -0.15) is 13.2 Å². The van der Waals surface area contributed by atoms with Gasteiger partial charge in [-0.3, -0.25) is 0 Å². The summed E-state index contributed by atoms with van der Waals surface area (Å²) >= 11 is 5.54. The molecule has 2 nitrogen and oxygen atoms in total. The summed E-state index contributed by atoms with van der Waals surface area (Å²) < 4.78 is 43.2. The molecule has 1 aliphatic rings. The van der Waals surface area contributed by atoms with Gasteiger partial charge in [0.05, 0.1) is 5.56 Å². The van der Waals surface area contributed by atoms with E-state index < -0.39 is 11.7 Å². The van der Waals surface area contributed by atoms with Crippen LogP contribution in [0, 0.1) is 0 Å². The summed E-state index contributed by atoms with van der Waals surface area (Å²) in [7, 11) is 0. The fraction of sp³-hybridized carbons (Fsp3) is 0.400. The average Bonchev–Trinajstić information content (AvgIpc) is 2.11. The summed E-state index contributed by atoms with van der Waals surface area (Å²) in [6.45, 7) is 1.14. The fourth-order valence-corrected chi connectivity index (χ4v) is 1.52. The van der Waals surface area contributed by atoms with Crippen molar-refractivity contribution in [1.82, 2.24) is 5.32 Å². The van der Waals surface area contributed by atoms with Gasteiger partial charge in [0.15, 0.2) is 0 Å². The Kier molecular flexibility index (Phi) is 2.99. The van der Waals surface area contributed by atoms with Crippen LogP contribution in [0.25, 0.3) is 0 Å². The maximum absolute atomic E-state index is 12.6. The number of alkyl halides is 3. The quantitative estimate of drug-likeness (QED) is 0.873. The molecule has 1 aromatic rings. The molecule has 1 heterocycles. The highest BCUT2D eigenvalue weighted by Crippen LogP contribution is 2.38. The van der Waals surface area contributed by atoms with Crippen molar-refractivity contribution in [3.8, 4) is 5.75 Å². The maximum atomic E-state index is 12.6. The van der Waals surface area contributed by atoms with Crippen molar-refractivity contribution >= 4 is 11.6 Å². The molecule has 0 saturated carbocycles. The molecule has 1 N–H and O–H groups in total. The monoisotopic (exact) mass is 251 g/mol. The third-order valence-electron chi connectivity index (χ3n) is 2.28. The molecule has 1 fully saturated rings. The van der Waals surface area contributed by atoms with E-state index in [-0.39, 0.29) is 16.9 Å². The lowest BCUT2D eigenvalue weighted by molar-refractivity contribution is -0.139. The minimum absolute atomic E-state index is 0.0476. The third-order valence-corrected chi connectivity index (χ3v) is 2.52. The van der Waals surface area contributed by atoms with Gasteiger partial charge < -0.3 is 10.1 Å². The van der Waals surface area contributed by atoms with Crippen LogP contribution < -0.4 is 10.1 Å². The first-order valence-corrected chi connectivity index (χ1v) is 5.09. The van der Waals surface area contributed by atoms with E-state index >= 15 is 0 Å². The van der Waals surface area contributed by atoms with Gasteiger partial charge in [0.1, 0.15) is 11.9 Å². The Morgan fingerprint density at radius 2 is 2.00 bits per heavy atom. The van der Waals surface area contributed by atoms with Gasteiger partial charge in [0.2, 0.25) is 0 Å². The Morgan fingerprint density at radius 1 is 1.31 bits per heavy atom. The lowest BCUT2D eigenvalue weighted by Gasteiger charge is -2.29. The van der Waals surface area contributed by atoms with Gasteiger partial charge in [-0.25, -0.2) is 0 Å². The summed E-state index contributed by atoms with van der Waals surface area (Å²) in [6, 6.07) is 3.52. The van der Waals surface area contributed by atoms with Gasteiger partial charge in [-0.15, -0.1) is 0 Å². The van der Waals surface area contributed by atoms with Crippen LogP contribution in [-0.2, 0) is 6.18 Å². The first-order valence-electron chi connectivity index (χ1n) is 4.71. The zero-order chi connectivity index (χ0) is 11.8. The zero-order valence-corrected chi connectivity index (χ0v) is 8.90. The lowest BCUT2D eigenvalue weighted by Crippen LogP contribution is -2.50. The topological polar surface area (TPSA) is 21.3 Å². The maximum Gasteiger partial charge on any atom is 0.420 e. The van der Waals surface area contributed by atoms with Crippen LogP contribution in [0.4, 0.5) is 13.2 Å². The number of hydrogen-bond donors (Lipinski definition) is 1. The predicted octanol–water partition coefficient (Wildman–Crippen LogP) is 2.71. The zero-order valence-electron chi connectivity index (χ0n) is 8.14. The molecule has 6 heteroatoms. The molecule has 0 amide bonds. The van der Waals surface area contributed by atoms with Crippen LogP contribution in [0.15, 0.2) is 18.2 Å². The highest BCUT2D eigenvalue weighted by Gasteiger charge is 2.35. The van der Waals surface area contributed by atoms with Crippen LogP contribution >= 0.6 is 11.6 Å². The average molecular weight is 252 g/mol. The minimum Gasteiger partial charge on any atom is -0.487 e. The molecule has 0 bridgehead atoms. The third kappa shape index (κ3) is 2.41. The Bertz CT molecular complexity index is 390. The van der Waals surface area contributed by atoms with Gasteiger partial charge >= 0.3 is 6.18 Å². The van der Waals surface area contributed by atoms with E-state index in [1.165, 1.54) is 12.1 Å². The number of halogens is 4. The molecule has 0 radical (unpaired) electrons. The second kappa shape index (κ2) is 4.14. The van der Waals surface area contributed by atoms with Crippen LogP contribution in [0.3, 0.4) is 0 Å². The molecule has 0 spiro atoms. The normalized spacial score (nSPS) is 17.0. The van der Waals surface area contributed by atoms with Gasteiger partial charge in [-0.1, -0.05) is 11.6 Å². The molecule has 88 valence electrons. The second-order valence-electron chi connectivity index (χ2n) is 3.54. The molecular formula is C10H9ClF3NO. The summed E-state index contributed by atoms with van der Waals surface area (Å²) in [4.78, 5) is 0. The Labute approximate surface area is 95.3 Å². The van der Waals surface area contributed by atoms with Crippen molar-refractivity contribution in [3.05, 3.63) is 28.8 Å². The predicted molar refractivity (Wildman–Crippen MR) is 53.7 cm³/mol. The van der Waals surface area contributed by atoms with Crippen LogP contribution in [0.2, 0.25) is 5.02 Å². The largest absolute Gasteiger partial charge is 0.487 e. The molecule has 1 aromatic carbocycles. The van der Waals surface area contributed by atoms with Crippen LogP contribution in [0.5, 0.6) is 5.75 Å². The first kappa shape index (κ1) is 11.5. The molecule has 0 atom stereocenters. The van der Waals surface area contributed by atoms with Gasteiger partial charge in [0, 0.05) is 18.1 Å². The summed E-state index contributed by atoms with van der Waals surface area (Å²) in [5.41, 5.74) is -0.827. The molecule has 1 saturated heterocycles. The SMILES string of the molecule is FC(F)(F)c1cc(Cl)ccc1OC1CNC1. The number of benzene rings is 1. The van der Waals surface area contributed by atoms with E-state index in [1.54, 1.807) is 0 Å². The summed E-state index contributed by atoms with van der Waals surface area (Å²) in [6.07, 6.45) is -4.64. The summed E-state index contributed by atoms with van der Waals surface area (Å²) in [5.74, 6) is -0.164. The number of ether oxygens (including phenoxy) is 1. The van der Waals surface area contributed by atoms with E-state index in [0.717, 1.165) is 6.07 Å². The number of rotatable bonds is 2. The number of hydrogen-bond acceptors (Lipinski definition) is 2. The standard InChI is InChI=1S/C10H9ClF3NO/c11-6-1-2-9(16-7-4-15-5-7)8(3-6)10(12,13)14/h1-3,7,15H,4-5H2. The Balaban J connectivity index is 2.28.